The first-order valence-electron chi connectivity index (χ1n) is 6.56. The Labute approximate surface area is 115 Å². The highest BCUT2D eigenvalue weighted by atomic mass is 16.6. The maximum Gasteiger partial charge on any atom is 0.409 e. The van der Waals surface area contributed by atoms with Crippen molar-refractivity contribution in [3.05, 3.63) is 12.2 Å². The van der Waals surface area contributed by atoms with Crippen molar-refractivity contribution in [1.82, 2.24) is 4.90 Å². The van der Waals surface area contributed by atoms with Crippen LogP contribution in [0.2, 0.25) is 0 Å². The fraction of sp³-hybridized carbons (Fsp3) is 0.714. The zero-order chi connectivity index (χ0) is 14.7. The maximum absolute atomic E-state index is 11.3. The first-order chi connectivity index (χ1) is 8.97. The molecular weight excluding hydrogens is 246 g/mol. The van der Waals surface area contributed by atoms with Crippen LogP contribution < -0.4 is 0 Å². The van der Waals surface area contributed by atoms with Gasteiger partial charge in [-0.25, -0.2) is 4.79 Å². The van der Waals surface area contributed by atoms with Gasteiger partial charge in [0.15, 0.2) is 0 Å². The molecule has 0 aromatic heterocycles. The number of amides is 1. The molecular formula is C14H25NO4. The Morgan fingerprint density at radius 1 is 1.21 bits per heavy atom. The third-order valence-corrected chi connectivity index (χ3v) is 2.61. The van der Waals surface area contributed by atoms with Crippen LogP contribution in [0.1, 0.15) is 39.0 Å². The lowest BCUT2D eigenvalue weighted by atomic mass is 10.0. The third kappa shape index (κ3) is 10.1. The van der Waals surface area contributed by atoms with Crippen molar-refractivity contribution in [3.8, 4) is 0 Å². The fourth-order valence-electron chi connectivity index (χ4n) is 1.46. The van der Waals surface area contributed by atoms with Gasteiger partial charge in [-0.15, -0.1) is 0 Å². The Bertz CT molecular complexity index is 300. The number of carbonyl (C=O) groups is 2. The van der Waals surface area contributed by atoms with Crippen LogP contribution in [0.5, 0.6) is 0 Å². The molecule has 5 heteroatoms. The molecule has 1 aliphatic carbocycles. The smallest absolute Gasteiger partial charge is 0.409 e. The average molecular weight is 271 g/mol. The van der Waals surface area contributed by atoms with Gasteiger partial charge in [0.05, 0.1) is 7.11 Å². The molecule has 0 aromatic carbocycles. The zero-order valence-electron chi connectivity index (χ0n) is 12.3. The van der Waals surface area contributed by atoms with E-state index in [4.69, 9.17) is 4.74 Å². The molecule has 0 spiro atoms. The first kappa shape index (κ1) is 17.5. The number of ether oxygens (including phenoxy) is 2. The van der Waals surface area contributed by atoms with Crippen LogP contribution in [0.4, 0.5) is 4.79 Å². The van der Waals surface area contributed by atoms with Crippen LogP contribution in [0, 0.1) is 0 Å². The van der Waals surface area contributed by atoms with E-state index in [9.17, 15) is 9.59 Å². The monoisotopic (exact) mass is 271 g/mol. The summed E-state index contributed by atoms with van der Waals surface area (Å²) in [6, 6.07) is 0. The molecule has 1 atom stereocenters. The number of rotatable bonds is 1. The highest BCUT2D eigenvalue weighted by Crippen LogP contribution is 2.14. The summed E-state index contributed by atoms with van der Waals surface area (Å²) in [6.07, 6.45) is 9.56. The van der Waals surface area contributed by atoms with Gasteiger partial charge in [-0.05, 0) is 31.8 Å². The van der Waals surface area contributed by atoms with Gasteiger partial charge < -0.3 is 14.4 Å². The number of methoxy groups -OCH3 is 1. The molecule has 0 N–H and O–H groups in total. The van der Waals surface area contributed by atoms with Crippen molar-refractivity contribution < 1.29 is 19.1 Å². The lowest BCUT2D eigenvalue weighted by molar-refractivity contribution is -0.137. The maximum atomic E-state index is 11.3. The second-order valence-corrected chi connectivity index (χ2v) is 4.58. The van der Waals surface area contributed by atoms with Crippen molar-refractivity contribution >= 4 is 12.1 Å². The summed E-state index contributed by atoms with van der Waals surface area (Å²) in [4.78, 5) is 22.3. The van der Waals surface area contributed by atoms with Crippen molar-refractivity contribution in [2.24, 2.45) is 0 Å². The molecule has 0 aromatic rings. The molecule has 0 fully saturated rings. The van der Waals surface area contributed by atoms with E-state index in [2.05, 4.69) is 10.8 Å². The molecule has 1 aliphatic rings. The number of allylic oxidation sites excluding steroid dienone is 1. The summed E-state index contributed by atoms with van der Waals surface area (Å²) in [5.41, 5.74) is 0. The van der Waals surface area contributed by atoms with Gasteiger partial charge in [-0.1, -0.05) is 12.5 Å². The Kier molecular flexibility index (Phi) is 9.57. The first-order valence-corrected chi connectivity index (χ1v) is 6.56. The van der Waals surface area contributed by atoms with E-state index < -0.39 is 0 Å². The van der Waals surface area contributed by atoms with Gasteiger partial charge in [0.2, 0.25) is 0 Å². The van der Waals surface area contributed by atoms with Gasteiger partial charge in [-0.3, -0.25) is 4.79 Å². The predicted molar refractivity (Wildman–Crippen MR) is 73.9 cm³/mol. The fourth-order valence-corrected chi connectivity index (χ4v) is 1.46. The summed E-state index contributed by atoms with van der Waals surface area (Å²) in [5.74, 6) is -0.245. The molecule has 0 saturated heterocycles. The molecule has 110 valence electrons. The SMILES string of the molecule is CN(C)C(=O)OC1/C=C/CCCCC1.COC(C)=O. The van der Waals surface area contributed by atoms with Gasteiger partial charge in [0, 0.05) is 21.0 Å². The molecule has 0 saturated carbocycles. The van der Waals surface area contributed by atoms with Crippen LogP contribution >= 0.6 is 0 Å². The number of esters is 1. The molecule has 0 radical (unpaired) electrons. The summed E-state index contributed by atoms with van der Waals surface area (Å²) >= 11 is 0. The summed E-state index contributed by atoms with van der Waals surface area (Å²) < 4.78 is 9.40. The van der Waals surface area contributed by atoms with Crippen LogP contribution in [-0.4, -0.2) is 44.3 Å². The molecule has 0 bridgehead atoms. The Balaban J connectivity index is 0.000000555. The molecule has 1 rings (SSSR count). The molecule has 0 heterocycles. The molecule has 5 nitrogen and oxygen atoms in total. The zero-order valence-corrected chi connectivity index (χ0v) is 12.3. The van der Waals surface area contributed by atoms with Crippen molar-refractivity contribution in [2.45, 2.75) is 45.1 Å². The van der Waals surface area contributed by atoms with E-state index in [0.29, 0.717) is 0 Å². The topological polar surface area (TPSA) is 55.8 Å². The van der Waals surface area contributed by atoms with Gasteiger partial charge in [-0.2, -0.15) is 0 Å². The highest BCUT2D eigenvalue weighted by Gasteiger charge is 2.13. The van der Waals surface area contributed by atoms with E-state index >= 15 is 0 Å². The van der Waals surface area contributed by atoms with Gasteiger partial charge >= 0.3 is 12.1 Å². The van der Waals surface area contributed by atoms with E-state index in [1.807, 2.05) is 6.08 Å². The number of hydrogen-bond donors (Lipinski definition) is 0. The van der Waals surface area contributed by atoms with Crippen LogP contribution in [0.25, 0.3) is 0 Å². The highest BCUT2D eigenvalue weighted by molar-refractivity contribution is 5.67. The minimum Gasteiger partial charge on any atom is -0.469 e. The van der Waals surface area contributed by atoms with E-state index in [1.54, 1.807) is 14.1 Å². The van der Waals surface area contributed by atoms with Gasteiger partial charge in [0.25, 0.3) is 0 Å². The second-order valence-electron chi connectivity index (χ2n) is 4.58. The minimum atomic E-state index is -0.250. The van der Waals surface area contributed by atoms with E-state index in [0.717, 1.165) is 19.3 Å². The standard InChI is InChI=1S/C11H19NO2.C3H6O2/c1-12(2)11(13)14-10-8-6-4-3-5-7-9-10;1-3(4)5-2/h6,8,10H,3-5,7,9H2,1-2H3;1-2H3/b8-6+;. The quantitative estimate of drug-likeness (QED) is 0.543. The van der Waals surface area contributed by atoms with Gasteiger partial charge in [0.1, 0.15) is 6.10 Å². The Morgan fingerprint density at radius 3 is 2.37 bits per heavy atom. The summed E-state index contributed by atoms with van der Waals surface area (Å²) in [5, 5.41) is 0. The Hall–Kier alpha value is -1.52. The third-order valence-electron chi connectivity index (χ3n) is 2.61. The normalized spacial score (nSPS) is 19.9. The molecule has 0 aliphatic heterocycles. The van der Waals surface area contributed by atoms with Crippen molar-refractivity contribution in [1.29, 1.82) is 0 Å². The minimum absolute atomic E-state index is 0.0230. The Morgan fingerprint density at radius 2 is 1.84 bits per heavy atom. The van der Waals surface area contributed by atoms with E-state index in [-0.39, 0.29) is 18.2 Å². The molecule has 1 amide bonds. The second kappa shape index (κ2) is 10.4. The average Bonchev–Trinajstić information content (AvgIpc) is 2.32. The van der Waals surface area contributed by atoms with Crippen molar-refractivity contribution in [3.63, 3.8) is 0 Å². The van der Waals surface area contributed by atoms with E-state index in [1.165, 1.54) is 31.8 Å². The lowest BCUT2D eigenvalue weighted by Gasteiger charge is -2.18. The molecule has 19 heavy (non-hydrogen) atoms. The van der Waals surface area contributed by atoms with Crippen molar-refractivity contribution in [2.75, 3.05) is 21.2 Å². The van der Waals surface area contributed by atoms with Crippen LogP contribution in [0.15, 0.2) is 12.2 Å². The van der Waals surface area contributed by atoms with Crippen LogP contribution in [0.3, 0.4) is 0 Å². The lowest BCUT2D eigenvalue weighted by Crippen LogP contribution is -2.27. The summed E-state index contributed by atoms with van der Waals surface area (Å²) in [7, 11) is 4.76. The molecule has 1 unspecified atom stereocenters. The number of carbonyl (C=O) groups excluding carboxylic acids is 2. The largest absolute Gasteiger partial charge is 0.469 e. The number of nitrogens with zero attached hydrogens (tertiary/aromatic N) is 1. The van der Waals surface area contributed by atoms with Crippen LogP contribution in [-0.2, 0) is 14.3 Å². The summed E-state index contributed by atoms with van der Waals surface area (Å²) in [6.45, 7) is 1.36. The number of hydrogen-bond acceptors (Lipinski definition) is 4. The predicted octanol–water partition coefficient (Wildman–Crippen LogP) is 2.75.